The summed E-state index contributed by atoms with van der Waals surface area (Å²) in [6.07, 6.45) is 7.08. The lowest BCUT2D eigenvalue weighted by Crippen LogP contribution is -2.38. The molecule has 1 saturated heterocycles. The molecule has 2 aromatic heterocycles. The maximum Gasteiger partial charge on any atom is 0.297 e. The van der Waals surface area contributed by atoms with Crippen molar-refractivity contribution in [3.63, 3.8) is 0 Å². The number of nitrogens with zero attached hydrogens (tertiary/aromatic N) is 3. The highest BCUT2D eigenvalue weighted by atomic mass is 16.5. The summed E-state index contributed by atoms with van der Waals surface area (Å²) in [6.45, 7) is 1.87. The second-order valence-electron chi connectivity index (χ2n) is 6.22. The van der Waals surface area contributed by atoms with Gasteiger partial charge in [0, 0.05) is 37.5 Å². The summed E-state index contributed by atoms with van der Waals surface area (Å²) in [5, 5.41) is 0.999. The molecule has 1 aliphatic heterocycles. The van der Waals surface area contributed by atoms with Crippen LogP contribution in [0.4, 0.5) is 6.01 Å². The monoisotopic (exact) mass is 340 g/mol. The predicted octanol–water partition coefficient (Wildman–Crippen LogP) is 2.16. The second-order valence-corrected chi connectivity index (χ2v) is 6.22. The first-order valence-electron chi connectivity index (χ1n) is 8.38. The molecule has 3 heterocycles. The van der Waals surface area contributed by atoms with E-state index in [1.54, 1.807) is 12.5 Å². The summed E-state index contributed by atoms with van der Waals surface area (Å²) in [6, 6.07) is 8.52. The fraction of sp³-hybridized carbons (Fsp3) is 0.333. The number of rotatable bonds is 5. The minimum atomic E-state index is -0.359. The smallest absolute Gasteiger partial charge is 0.297 e. The number of primary amides is 1. The Bertz CT molecular complexity index is 864. The second kappa shape index (κ2) is 6.51. The standard InChI is InChI=1S/C18H20N4O3/c19-17(23)12-22-10-6-14-15(22)2-1-3-16(14)25-13-4-8-21(9-5-13)18-20-7-11-24-18/h1-3,6-7,10-11,13H,4-5,8-9,12H2,(H2,19,23). The molecule has 1 aromatic carbocycles. The van der Waals surface area contributed by atoms with Crippen LogP contribution in [0.5, 0.6) is 5.75 Å². The number of oxazole rings is 1. The first kappa shape index (κ1) is 15.6. The lowest BCUT2D eigenvalue weighted by molar-refractivity contribution is -0.118. The molecule has 4 rings (SSSR count). The van der Waals surface area contributed by atoms with Crippen molar-refractivity contribution in [1.29, 1.82) is 0 Å². The van der Waals surface area contributed by atoms with Crippen molar-refractivity contribution in [2.75, 3.05) is 18.0 Å². The average Bonchev–Trinajstić information content (AvgIpc) is 3.26. The molecule has 2 N–H and O–H groups in total. The van der Waals surface area contributed by atoms with Gasteiger partial charge < -0.3 is 24.4 Å². The number of anilines is 1. The van der Waals surface area contributed by atoms with Crippen molar-refractivity contribution in [2.24, 2.45) is 5.73 Å². The van der Waals surface area contributed by atoms with Crippen LogP contribution in [0.3, 0.4) is 0 Å². The lowest BCUT2D eigenvalue weighted by atomic mass is 10.1. The predicted molar refractivity (Wildman–Crippen MR) is 93.5 cm³/mol. The zero-order valence-corrected chi connectivity index (χ0v) is 13.8. The number of ether oxygens (including phenoxy) is 1. The van der Waals surface area contributed by atoms with Crippen LogP contribution in [0.25, 0.3) is 10.9 Å². The Morgan fingerprint density at radius 1 is 1.32 bits per heavy atom. The molecule has 7 heteroatoms. The van der Waals surface area contributed by atoms with Crippen LogP contribution in [0, 0.1) is 0 Å². The Morgan fingerprint density at radius 2 is 2.16 bits per heavy atom. The van der Waals surface area contributed by atoms with Crippen molar-refractivity contribution in [1.82, 2.24) is 9.55 Å². The number of hydrogen-bond acceptors (Lipinski definition) is 5. The molecular formula is C18H20N4O3. The summed E-state index contributed by atoms with van der Waals surface area (Å²) >= 11 is 0. The van der Waals surface area contributed by atoms with Gasteiger partial charge in [0.25, 0.3) is 6.01 Å². The van der Waals surface area contributed by atoms with Crippen LogP contribution in [0.2, 0.25) is 0 Å². The quantitative estimate of drug-likeness (QED) is 0.769. The van der Waals surface area contributed by atoms with E-state index < -0.39 is 0 Å². The van der Waals surface area contributed by atoms with E-state index in [0.717, 1.165) is 42.6 Å². The molecule has 0 aliphatic carbocycles. The maximum absolute atomic E-state index is 11.2. The first-order chi connectivity index (χ1) is 12.2. The summed E-state index contributed by atoms with van der Waals surface area (Å²) in [5.41, 5.74) is 6.26. The van der Waals surface area contributed by atoms with E-state index in [4.69, 9.17) is 14.9 Å². The Hall–Kier alpha value is -2.96. The SMILES string of the molecule is NC(=O)Cn1ccc2c(OC3CCN(c4ncco4)CC3)cccc21. The van der Waals surface area contributed by atoms with Gasteiger partial charge in [-0.2, -0.15) is 0 Å². The van der Waals surface area contributed by atoms with Gasteiger partial charge in [0.2, 0.25) is 5.91 Å². The lowest BCUT2D eigenvalue weighted by Gasteiger charge is -2.31. The molecule has 25 heavy (non-hydrogen) atoms. The maximum atomic E-state index is 11.2. The Balaban J connectivity index is 1.46. The normalized spacial score (nSPS) is 15.6. The number of aromatic nitrogens is 2. The Labute approximate surface area is 145 Å². The molecule has 0 unspecified atom stereocenters. The van der Waals surface area contributed by atoms with Crippen LogP contribution in [-0.2, 0) is 11.3 Å². The molecule has 0 saturated carbocycles. The number of fused-ring (bicyclic) bond motifs is 1. The largest absolute Gasteiger partial charge is 0.490 e. The molecule has 0 radical (unpaired) electrons. The van der Waals surface area contributed by atoms with Gasteiger partial charge in [0.05, 0.1) is 11.7 Å². The number of benzene rings is 1. The molecule has 0 bridgehead atoms. The first-order valence-corrected chi connectivity index (χ1v) is 8.38. The molecule has 1 fully saturated rings. The third-order valence-electron chi connectivity index (χ3n) is 4.53. The third kappa shape index (κ3) is 3.17. The van der Waals surface area contributed by atoms with Crippen molar-refractivity contribution < 1.29 is 13.9 Å². The van der Waals surface area contributed by atoms with Gasteiger partial charge in [-0.15, -0.1) is 0 Å². The number of nitrogens with two attached hydrogens (primary N) is 1. The van der Waals surface area contributed by atoms with Gasteiger partial charge >= 0.3 is 0 Å². The van der Waals surface area contributed by atoms with Crippen LogP contribution < -0.4 is 15.4 Å². The zero-order chi connectivity index (χ0) is 17.2. The van der Waals surface area contributed by atoms with Crippen LogP contribution in [0.15, 0.2) is 47.3 Å². The summed E-state index contributed by atoms with van der Waals surface area (Å²) < 4.78 is 13.4. The number of amides is 1. The van der Waals surface area contributed by atoms with Crippen molar-refractivity contribution in [2.45, 2.75) is 25.5 Å². The Morgan fingerprint density at radius 3 is 2.88 bits per heavy atom. The van der Waals surface area contributed by atoms with Gasteiger partial charge in [-0.25, -0.2) is 4.98 Å². The van der Waals surface area contributed by atoms with Crippen LogP contribution in [0.1, 0.15) is 12.8 Å². The highest BCUT2D eigenvalue weighted by Crippen LogP contribution is 2.29. The van der Waals surface area contributed by atoms with E-state index in [9.17, 15) is 4.79 Å². The fourth-order valence-electron chi connectivity index (χ4n) is 3.32. The van der Waals surface area contributed by atoms with Crippen molar-refractivity contribution in [3.05, 3.63) is 42.9 Å². The van der Waals surface area contributed by atoms with E-state index in [1.165, 1.54) is 0 Å². The Kier molecular flexibility index (Phi) is 4.05. The summed E-state index contributed by atoms with van der Waals surface area (Å²) in [4.78, 5) is 17.5. The fourth-order valence-corrected chi connectivity index (χ4v) is 3.32. The minimum Gasteiger partial charge on any atom is -0.490 e. The van der Waals surface area contributed by atoms with Crippen LogP contribution in [-0.4, -0.2) is 34.7 Å². The minimum absolute atomic E-state index is 0.149. The number of carbonyl (C=O) groups excluding carboxylic acids is 1. The van der Waals surface area contributed by atoms with E-state index in [1.807, 2.05) is 35.0 Å². The van der Waals surface area contributed by atoms with Gasteiger partial charge in [0.1, 0.15) is 24.7 Å². The van der Waals surface area contributed by atoms with Gasteiger partial charge in [-0.05, 0) is 18.2 Å². The highest BCUT2D eigenvalue weighted by molar-refractivity contribution is 5.87. The van der Waals surface area contributed by atoms with E-state index in [2.05, 4.69) is 9.88 Å². The van der Waals surface area contributed by atoms with E-state index in [0.29, 0.717) is 6.01 Å². The third-order valence-corrected chi connectivity index (χ3v) is 4.53. The van der Waals surface area contributed by atoms with Gasteiger partial charge in [-0.3, -0.25) is 4.79 Å². The molecule has 1 amide bonds. The topological polar surface area (TPSA) is 86.5 Å². The summed E-state index contributed by atoms with van der Waals surface area (Å²) in [5.74, 6) is 0.484. The zero-order valence-electron chi connectivity index (χ0n) is 13.8. The molecule has 0 spiro atoms. The molecule has 3 aromatic rings. The molecule has 1 aliphatic rings. The number of piperidine rings is 1. The molecule has 0 atom stereocenters. The van der Waals surface area contributed by atoms with Gasteiger partial charge in [-0.1, -0.05) is 6.07 Å². The molecular weight excluding hydrogens is 320 g/mol. The molecule has 7 nitrogen and oxygen atoms in total. The number of carbonyl (C=O) groups is 1. The van der Waals surface area contributed by atoms with E-state index >= 15 is 0 Å². The highest BCUT2D eigenvalue weighted by Gasteiger charge is 2.23. The van der Waals surface area contributed by atoms with Crippen molar-refractivity contribution >= 4 is 22.8 Å². The average molecular weight is 340 g/mol. The van der Waals surface area contributed by atoms with Crippen LogP contribution >= 0.6 is 0 Å². The summed E-state index contributed by atoms with van der Waals surface area (Å²) in [7, 11) is 0. The van der Waals surface area contributed by atoms with Crippen molar-refractivity contribution in [3.8, 4) is 5.75 Å². The van der Waals surface area contributed by atoms with E-state index in [-0.39, 0.29) is 18.6 Å². The van der Waals surface area contributed by atoms with Gasteiger partial charge in [0.15, 0.2) is 0 Å². The molecule has 130 valence electrons. The number of hydrogen-bond donors (Lipinski definition) is 1.